The Kier molecular flexibility index (Phi) is 9.53. The summed E-state index contributed by atoms with van der Waals surface area (Å²) in [5.41, 5.74) is 0. The minimum atomic E-state index is 0.818. The Balaban J connectivity index is 3.02. The summed E-state index contributed by atoms with van der Waals surface area (Å²) in [5, 5.41) is 0. The number of rotatable bonds is 8. The van der Waals surface area contributed by atoms with Crippen molar-refractivity contribution in [2.24, 2.45) is 0 Å². The SMILES string of the molecule is CCCCN(C)CCCCCCl. The molecule has 0 atom stereocenters. The third kappa shape index (κ3) is 8.35. The first-order valence-electron chi connectivity index (χ1n) is 5.05. The van der Waals surface area contributed by atoms with E-state index < -0.39 is 0 Å². The molecule has 0 aliphatic rings. The van der Waals surface area contributed by atoms with Gasteiger partial charge in [-0.25, -0.2) is 0 Å². The zero-order chi connectivity index (χ0) is 9.23. The van der Waals surface area contributed by atoms with Crippen molar-refractivity contribution >= 4 is 11.6 Å². The number of nitrogens with zero attached hydrogens (tertiary/aromatic N) is 1. The number of alkyl halides is 1. The van der Waals surface area contributed by atoms with Crippen LogP contribution in [0.4, 0.5) is 0 Å². The van der Waals surface area contributed by atoms with Crippen molar-refractivity contribution in [2.45, 2.75) is 39.0 Å². The zero-order valence-electron chi connectivity index (χ0n) is 8.48. The van der Waals surface area contributed by atoms with Crippen LogP contribution < -0.4 is 0 Å². The van der Waals surface area contributed by atoms with Crippen LogP contribution in [-0.4, -0.2) is 30.9 Å². The minimum Gasteiger partial charge on any atom is -0.306 e. The number of hydrogen-bond acceptors (Lipinski definition) is 1. The van der Waals surface area contributed by atoms with Gasteiger partial charge in [-0.3, -0.25) is 0 Å². The van der Waals surface area contributed by atoms with Crippen LogP contribution in [0.2, 0.25) is 0 Å². The van der Waals surface area contributed by atoms with Gasteiger partial charge in [0.15, 0.2) is 0 Å². The molecule has 0 aromatic heterocycles. The molecule has 74 valence electrons. The topological polar surface area (TPSA) is 3.24 Å². The summed E-state index contributed by atoms with van der Waals surface area (Å²) in [4.78, 5) is 2.41. The van der Waals surface area contributed by atoms with Crippen LogP contribution >= 0.6 is 11.6 Å². The fraction of sp³-hybridized carbons (Fsp3) is 1.00. The van der Waals surface area contributed by atoms with Gasteiger partial charge in [0.1, 0.15) is 0 Å². The van der Waals surface area contributed by atoms with E-state index in [4.69, 9.17) is 11.6 Å². The van der Waals surface area contributed by atoms with Gasteiger partial charge in [0.2, 0.25) is 0 Å². The fourth-order valence-corrected chi connectivity index (χ4v) is 1.38. The summed E-state index contributed by atoms with van der Waals surface area (Å²) >= 11 is 5.59. The second-order valence-corrected chi connectivity index (χ2v) is 3.78. The number of halogens is 1. The standard InChI is InChI=1S/C10H22ClN/c1-3-4-9-12(2)10-7-5-6-8-11/h3-10H2,1-2H3. The van der Waals surface area contributed by atoms with Gasteiger partial charge in [-0.05, 0) is 39.4 Å². The van der Waals surface area contributed by atoms with E-state index >= 15 is 0 Å². The highest BCUT2D eigenvalue weighted by molar-refractivity contribution is 6.17. The Morgan fingerprint density at radius 1 is 1.00 bits per heavy atom. The van der Waals surface area contributed by atoms with Gasteiger partial charge in [-0.15, -0.1) is 11.6 Å². The van der Waals surface area contributed by atoms with Crippen LogP contribution in [0.25, 0.3) is 0 Å². The first-order valence-corrected chi connectivity index (χ1v) is 5.59. The molecule has 0 spiro atoms. The molecule has 0 saturated carbocycles. The lowest BCUT2D eigenvalue weighted by Crippen LogP contribution is -2.20. The molecule has 0 unspecified atom stereocenters. The Bertz CT molecular complexity index is 85.9. The molecule has 0 fully saturated rings. The van der Waals surface area contributed by atoms with E-state index in [2.05, 4.69) is 18.9 Å². The molecule has 0 aliphatic carbocycles. The van der Waals surface area contributed by atoms with E-state index in [0.717, 1.165) is 5.88 Å². The summed E-state index contributed by atoms with van der Waals surface area (Å²) in [5.74, 6) is 0.818. The highest BCUT2D eigenvalue weighted by Gasteiger charge is 1.96. The second-order valence-electron chi connectivity index (χ2n) is 3.41. The smallest absolute Gasteiger partial charge is 0.0223 e. The van der Waals surface area contributed by atoms with Gasteiger partial charge in [-0.2, -0.15) is 0 Å². The second kappa shape index (κ2) is 9.34. The third-order valence-corrected chi connectivity index (χ3v) is 2.33. The van der Waals surface area contributed by atoms with Crippen LogP contribution in [0.3, 0.4) is 0 Å². The lowest BCUT2D eigenvalue weighted by Gasteiger charge is -2.15. The van der Waals surface area contributed by atoms with E-state index in [-0.39, 0.29) is 0 Å². The van der Waals surface area contributed by atoms with Crippen LogP contribution in [0.5, 0.6) is 0 Å². The molecule has 1 nitrogen and oxygen atoms in total. The lowest BCUT2D eigenvalue weighted by molar-refractivity contribution is 0.320. The predicted molar refractivity (Wildman–Crippen MR) is 57.0 cm³/mol. The quantitative estimate of drug-likeness (QED) is 0.421. The fourth-order valence-electron chi connectivity index (χ4n) is 1.19. The molecule has 0 N–H and O–H groups in total. The molecule has 0 aromatic carbocycles. The molecule has 0 rings (SSSR count). The number of unbranched alkanes of at least 4 members (excludes halogenated alkanes) is 3. The number of hydrogen-bond donors (Lipinski definition) is 0. The minimum absolute atomic E-state index is 0.818. The molecule has 0 radical (unpaired) electrons. The van der Waals surface area contributed by atoms with E-state index in [9.17, 15) is 0 Å². The van der Waals surface area contributed by atoms with Gasteiger partial charge in [0.25, 0.3) is 0 Å². The predicted octanol–water partition coefficient (Wildman–Crippen LogP) is 3.13. The summed E-state index contributed by atoms with van der Waals surface area (Å²) in [7, 11) is 2.20. The van der Waals surface area contributed by atoms with E-state index in [1.165, 1.54) is 45.2 Å². The van der Waals surface area contributed by atoms with Crippen molar-refractivity contribution in [1.82, 2.24) is 4.90 Å². The molecular weight excluding hydrogens is 170 g/mol. The summed E-state index contributed by atoms with van der Waals surface area (Å²) in [6.07, 6.45) is 6.37. The summed E-state index contributed by atoms with van der Waals surface area (Å²) in [6, 6.07) is 0. The van der Waals surface area contributed by atoms with Crippen LogP contribution in [0, 0.1) is 0 Å². The molecule has 0 aromatic rings. The Morgan fingerprint density at radius 3 is 2.25 bits per heavy atom. The molecule has 0 bridgehead atoms. The van der Waals surface area contributed by atoms with Crippen molar-refractivity contribution in [3.63, 3.8) is 0 Å². The Labute approximate surface area is 82.1 Å². The molecule has 0 heterocycles. The maximum Gasteiger partial charge on any atom is 0.0223 e. The average molecular weight is 192 g/mol. The lowest BCUT2D eigenvalue weighted by atomic mass is 10.2. The average Bonchev–Trinajstić information content (AvgIpc) is 2.09. The summed E-state index contributed by atoms with van der Waals surface area (Å²) in [6.45, 7) is 4.72. The molecule has 0 saturated heterocycles. The largest absolute Gasteiger partial charge is 0.306 e. The van der Waals surface area contributed by atoms with E-state index in [0.29, 0.717) is 0 Å². The molecular formula is C10H22ClN. The first-order chi connectivity index (χ1) is 5.81. The monoisotopic (exact) mass is 191 g/mol. The Morgan fingerprint density at radius 2 is 1.67 bits per heavy atom. The highest BCUT2D eigenvalue weighted by atomic mass is 35.5. The molecule has 0 aliphatic heterocycles. The Hall–Kier alpha value is 0.250. The third-order valence-electron chi connectivity index (χ3n) is 2.07. The summed E-state index contributed by atoms with van der Waals surface area (Å²) < 4.78 is 0. The molecule has 2 heteroatoms. The van der Waals surface area contributed by atoms with Crippen molar-refractivity contribution in [3.05, 3.63) is 0 Å². The van der Waals surface area contributed by atoms with Crippen molar-refractivity contribution in [2.75, 3.05) is 26.0 Å². The first kappa shape index (κ1) is 12.2. The van der Waals surface area contributed by atoms with Crippen molar-refractivity contribution in [3.8, 4) is 0 Å². The van der Waals surface area contributed by atoms with E-state index in [1.54, 1.807) is 0 Å². The van der Waals surface area contributed by atoms with Gasteiger partial charge >= 0.3 is 0 Å². The van der Waals surface area contributed by atoms with Gasteiger partial charge in [0, 0.05) is 5.88 Å². The van der Waals surface area contributed by atoms with Crippen LogP contribution in [0.15, 0.2) is 0 Å². The van der Waals surface area contributed by atoms with Crippen LogP contribution in [0.1, 0.15) is 39.0 Å². The zero-order valence-corrected chi connectivity index (χ0v) is 9.24. The van der Waals surface area contributed by atoms with Gasteiger partial charge < -0.3 is 4.90 Å². The van der Waals surface area contributed by atoms with Gasteiger partial charge in [-0.1, -0.05) is 19.8 Å². The highest BCUT2D eigenvalue weighted by Crippen LogP contribution is 1.99. The normalized spacial score (nSPS) is 11.0. The van der Waals surface area contributed by atoms with Crippen LogP contribution in [-0.2, 0) is 0 Å². The maximum absolute atomic E-state index is 5.59. The van der Waals surface area contributed by atoms with Gasteiger partial charge in [0.05, 0.1) is 0 Å². The van der Waals surface area contributed by atoms with Crippen molar-refractivity contribution < 1.29 is 0 Å². The molecule has 12 heavy (non-hydrogen) atoms. The van der Waals surface area contributed by atoms with Crippen molar-refractivity contribution in [1.29, 1.82) is 0 Å². The maximum atomic E-state index is 5.59. The molecule has 0 amide bonds. The van der Waals surface area contributed by atoms with E-state index in [1.807, 2.05) is 0 Å².